The van der Waals surface area contributed by atoms with Gasteiger partial charge in [-0.1, -0.05) is 33.6 Å². The fourth-order valence-corrected chi connectivity index (χ4v) is 4.13. The van der Waals surface area contributed by atoms with Gasteiger partial charge in [-0.3, -0.25) is 4.90 Å². The second-order valence-electron chi connectivity index (χ2n) is 7.10. The van der Waals surface area contributed by atoms with Gasteiger partial charge in [0.2, 0.25) is 0 Å². The third kappa shape index (κ3) is 4.67. The molecule has 1 aliphatic rings. The first-order chi connectivity index (χ1) is 9.95. The van der Waals surface area contributed by atoms with E-state index in [0.717, 1.165) is 26.1 Å². The first-order valence-electron chi connectivity index (χ1n) is 8.99. The van der Waals surface area contributed by atoms with Crippen LogP contribution in [0.3, 0.4) is 0 Å². The molecule has 0 bridgehead atoms. The molecule has 126 valence electrons. The van der Waals surface area contributed by atoms with E-state index in [1.54, 1.807) is 0 Å². The highest BCUT2D eigenvalue weighted by atomic mass is 16.5. The minimum Gasteiger partial charge on any atom is -0.379 e. The first-order valence-corrected chi connectivity index (χ1v) is 8.99. The van der Waals surface area contributed by atoms with E-state index in [0.29, 0.717) is 11.6 Å². The lowest BCUT2D eigenvalue weighted by atomic mass is 9.81. The number of nitrogens with one attached hydrogen (secondary N) is 1. The van der Waals surface area contributed by atoms with Gasteiger partial charge in [0.05, 0.1) is 5.60 Å². The van der Waals surface area contributed by atoms with Gasteiger partial charge in [-0.25, -0.2) is 0 Å². The number of rotatable bonds is 10. The zero-order valence-electron chi connectivity index (χ0n) is 15.3. The van der Waals surface area contributed by atoms with Crippen molar-refractivity contribution in [3.8, 4) is 0 Å². The minimum absolute atomic E-state index is 0.0171. The average Bonchev–Trinajstić information content (AvgIpc) is 2.95. The predicted molar refractivity (Wildman–Crippen MR) is 91.9 cm³/mol. The first kappa shape index (κ1) is 18.9. The Balaban J connectivity index is 2.87. The van der Waals surface area contributed by atoms with E-state index in [9.17, 15) is 0 Å². The van der Waals surface area contributed by atoms with Gasteiger partial charge in [-0.2, -0.15) is 0 Å². The zero-order valence-corrected chi connectivity index (χ0v) is 15.3. The Hall–Kier alpha value is -0.120. The summed E-state index contributed by atoms with van der Waals surface area (Å²) in [5.74, 6) is 0. The zero-order chi connectivity index (χ0) is 15.9. The van der Waals surface area contributed by atoms with Crippen LogP contribution in [-0.4, -0.2) is 48.8 Å². The normalized spacial score (nSPS) is 20.1. The Morgan fingerprint density at radius 1 is 1.14 bits per heavy atom. The van der Waals surface area contributed by atoms with E-state index in [4.69, 9.17) is 4.74 Å². The van der Waals surface area contributed by atoms with Crippen LogP contribution < -0.4 is 5.32 Å². The van der Waals surface area contributed by atoms with Crippen molar-refractivity contribution < 1.29 is 4.74 Å². The van der Waals surface area contributed by atoms with Crippen LogP contribution in [0.2, 0.25) is 0 Å². The minimum atomic E-state index is -0.0171. The van der Waals surface area contributed by atoms with Crippen LogP contribution in [0.25, 0.3) is 0 Å². The average molecular weight is 299 g/mol. The highest BCUT2D eigenvalue weighted by molar-refractivity contribution is 5.03. The van der Waals surface area contributed by atoms with Gasteiger partial charge in [-0.05, 0) is 59.2 Å². The van der Waals surface area contributed by atoms with Crippen molar-refractivity contribution in [2.45, 2.75) is 90.3 Å². The van der Waals surface area contributed by atoms with Gasteiger partial charge in [0.1, 0.15) is 0 Å². The van der Waals surface area contributed by atoms with Crippen LogP contribution in [0.1, 0.15) is 73.1 Å². The topological polar surface area (TPSA) is 24.5 Å². The molecule has 0 saturated heterocycles. The summed E-state index contributed by atoms with van der Waals surface area (Å²) in [5, 5.41) is 3.81. The van der Waals surface area contributed by atoms with Crippen molar-refractivity contribution in [3.05, 3.63) is 0 Å². The SMILES string of the molecule is CCNC(CCC(C)(C)OC)C1(N(CC)CC)CCCC1. The summed E-state index contributed by atoms with van der Waals surface area (Å²) in [6, 6.07) is 0.583. The van der Waals surface area contributed by atoms with Gasteiger partial charge < -0.3 is 10.1 Å². The molecule has 1 atom stereocenters. The molecule has 1 rings (SSSR count). The maximum atomic E-state index is 5.63. The van der Waals surface area contributed by atoms with E-state index in [1.165, 1.54) is 32.1 Å². The molecule has 0 aromatic heterocycles. The fraction of sp³-hybridized carbons (Fsp3) is 1.00. The van der Waals surface area contributed by atoms with Crippen LogP contribution >= 0.6 is 0 Å². The lowest BCUT2D eigenvalue weighted by molar-refractivity contribution is -0.000200. The molecule has 3 heteroatoms. The Morgan fingerprint density at radius 2 is 1.71 bits per heavy atom. The molecule has 21 heavy (non-hydrogen) atoms. The molecule has 1 fully saturated rings. The Morgan fingerprint density at radius 3 is 2.14 bits per heavy atom. The summed E-state index contributed by atoms with van der Waals surface area (Å²) in [6.45, 7) is 14.6. The van der Waals surface area contributed by atoms with Gasteiger partial charge in [0, 0.05) is 18.7 Å². The molecule has 1 saturated carbocycles. The van der Waals surface area contributed by atoms with Crippen LogP contribution in [0.5, 0.6) is 0 Å². The highest BCUT2D eigenvalue weighted by Crippen LogP contribution is 2.40. The monoisotopic (exact) mass is 298 g/mol. The molecule has 0 radical (unpaired) electrons. The molecule has 0 aromatic rings. The molecule has 1 N–H and O–H groups in total. The summed E-state index contributed by atoms with van der Waals surface area (Å²) >= 11 is 0. The van der Waals surface area contributed by atoms with Crippen LogP contribution in [-0.2, 0) is 4.74 Å². The van der Waals surface area contributed by atoms with Crippen molar-refractivity contribution in [2.75, 3.05) is 26.7 Å². The van der Waals surface area contributed by atoms with E-state index >= 15 is 0 Å². The molecule has 0 heterocycles. The van der Waals surface area contributed by atoms with E-state index in [1.807, 2.05) is 7.11 Å². The van der Waals surface area contributed by atoms with Crippen LogP contribution in [0, 0.1) is 0 Å². The largest absolute Gasteiger partial charge is 0.379 e. The van der Waals surface area contributed by atoms with Crippen molar-refractivity contribution in [1.82, 2.24) is 10.2 Å². The number of methoxy groups -OCH3 is 1. The van der Waals surface area contributed by atoms with Crippen molar-refractivity contribution in [1.29, 1.82) is 0 Å². The molecule has 0 aliphatic heterocycles. The fourth-order valence-electron chi connectivity index (χ4n) is 4.13. The lowest BCUT2D eigenvalue weighted by Gasteiger charge is -2.47. The van der Waals surface area contributed by atoms with Crippen LogP contribution in [0.15, 0.2) is 0 Å². The summed E-state index contributed by atoms with van der Waals surface area (Å²) in [5.41, 5.74) is 0.347. The standard InChI is InChI=1S/C18H38N2O/c1-7-19-16(12-15-17(4,5)21-6)18(13-10-11-14-18)20(8-2)9-3/h16,19H,7-15H2,1-6H3. The van der Waals surface area contributed by atoms with Crippen molar-refractivity contribution in [3.63, 3.8) is 0 Å². The molecule has 0 spiro atoms. The third-order valence-electron chi connectivity index (χ3n) is 5.55. The molecule has 1 aliphatic carbocycles. The van der Waals surface area contributed by atoms with E-state index in [-0.39, 0.29) is 5.60 Å². The predicted octanol–water partition coefficient (Wildman–Crippen LogP) is 3.82. The Labute approximate surface area is 132 Å². The highest BCUT2D eigenvalue weighted by Gasteiger charge is 2.44. The molecule has 0 aromatic carbocycles. The maximum absolute atomic E-state index is 5.63. The van der Waals surface area contributed by atoms with E-state index in [2.05, 4.69) is 44.8 Å². The number of nitrogens with zero attached hydrogens (tertiary/aromatic N) is 1. The number of hydrogen-bond acceptors (Lipinski definition) is 3. The van der Waals surface area contributed by atoms with Gasteiger partial charge >= 0.3 is 0 Å². The number of likely N-dealkylation sites (N-methyl/N-ethyl adjacent to an activating group) is 2. The smallest absolute Gasteiger partial charge is 0.0623 e. The molecular formula is C18H38N2O. The maximum Gasteiger partial charge on any atom is 0.0623 e. The number of hydrogen-bond donors (Lipinski definition) is 1. The molecular weight excluding hydrogens is 260 g/mol. The van der Waals surface area contributed by atoms with Crippen LogP contribution in [0.4, 0.5) is 0 Å². The van der Waals surface area contributed by atoms with E-state index < -0.39 is 0 Å². The van der Waals surface area contributed by atoms with Gasteiger partial charge in [0.15, 0.2) is 0 Å². The van der Waals surface area contributed by atoms with Crippen molar-refractivity contribution in [2.24, 2.45) is 0 Å². The third-order valence-corrected chi connectivity index (χ3v) is 5.55. The quantitative estimate of drug-likeness (QED) is 0.663. The van der Waals surface area contributed by atoms with Gasteiger partial charge in [0.25, 0.3) is 0 Å². The Bertz CT molecular complexity index is 281. The second-order valence-corrected chi connectivity index (χ2v) is 7.10. The van der Waals surface area contributed by atoms with Crippen molar-refractivity contribution >= 4 is 0 Å². The second kappa shape index (κ2) is 8.50. The summed E-state index contributed by atoms with van der Waals surface area (Å²) < 4.78 is 5.63. The molecule has 0 amide bonds. The molecule has 3 nitrogen and oxygen atoms in total. The van der Waals surface area contributed by atoms with Gasteiger partial charge in [-0.15, -0.1) is 0 Å². The number of ether oxygens (including phenoxy) is 1. The molecule has 1 unspecified atom stereocenters. The Kier molecular flexibility index (Phi) is 7.66. The lowest BCUT2D eigenvalue weighted by Crippen LogP contribution is -2.60. The summed E-state index contributed by atoms with van der Waals surface area (Å²) in [6.07, 6.45) is 7.77. The summed E-state index contributed by atoms with van der Waals surface area (Å²) in [7, 11) is 1.83. The summed E-state index contributed by atoms with van der Waals surface area (Å²) in [4.78, 5) is 2.72.